The minimum absolute atomic E-state index is 0.285. The molecule has 3 aromatic rings. The molecule has 1 aromatic heterocycles. The van der Waals surface area contributed by atoms with Crippen LogP contribution in [-0.2, 0) is 11.3 Å². The lowest BCUT2D eigenvalue weighted by Crippen LogP contribution is -2.48. The number of hydrogen-bond donors (Lipinski definition) is 0. The van der Waals surface area contributed by atoms with Crippen LogP contribution in [0.5, 0.6) is 5.75 Å². The molecule has 176 valence electrons. The fourth-order valence-electron chi connectivity index (χ4n) is 6.62. The summed E-state index contributed by atoms with van der Waals surface area (Å²) in [4.78, 5) is 15.4. The molecule has 5 nitrogen and oxygen atoms in total. The zero-order valence-electron chi connectivity index (χ0n) is 20.7. The Labute approximate surface area is 196 Å². The van der Waals surface area contributed by atoms with Gasteiger partial charge in [0.2, 0.25) is 0 Å². The van der Waals surface area contributed by atoms with Gasteiger partial charge in [-0.25, -0.2) is 4.79 Å². The van der Waals surface area contributed by atoms with Crippen LogP contribution in [0.4, 0.5) is 0 Å². The third kappa shape index (κ3) is 3.80. The summed E-state index contributed by atoms with van der Waals surface area (Å²) in [5.41, 5.74) is 2.89. The fourth-order valence-corrected chi connectivity index (χ4v) is 6.62. The molecule has 2 aromatic carbocycles. The van der Waals surface area contributed by atoms with E-state index in [2.05, 4.69) is 38.7 Å². The lowest BCUT2D eigenvalue weighted by Gasteiger charge is -2.49. The van der Waals surface area contributed by atoms with Crippen LogP contribution in [0.25, 0.3) is 21.7 Å². The van der Waals surface area contributed by atoms with Crippen LogP contribution in [0, 0.1) is 17.8 Å². The van der Waals surface area contributed by atoms with Crippen molar-refractivity contribution in [3.63, 3.8) is 0 Å². The van der Waals surface area contributed by atoms with Gasteiger partial charge in [-0.3, -0.25) is 4.90 Å². The molecule has 2 heterocycles. The van der Waals surface area contributed by atoms with Gasteiger partial charge in [-0.05, 0) is 43.9 Å². The number of ether oxygens (including phenoxy) is 2. The van der Waals surface area contributed by atoms with Gasteiger partial charge in [0.25, 0.3) is 0 Å². The molecule has 0 amide bonds. The van der Waals surface area contributed by atoms with Gasteiger partial charge < -0.3 is 13.9 Å². The van der Waals surface area contributed by atoms with Crippen LogP contribution in [0.15, 0.2) is 28.7 Å². The van der Waals surface area contributed by atoms with Crippen molar-refractivity contribution in [1.29, 1.82) is 0 Å². The largest absolute Gasteiger partial charge is 0.477 e. The molecule has 2 aliphatic rings. The number of rotatable bonds is 3. The minimum atomic E-state index is -0.330. The zero-order chi connectivity index (χ0) is 23.5. The smallest absolute Gasteiger partial charge is 0.342 e. The molecule has 5 heteroatoms. The highest BCUT2D eigenvalue weighted by molar-refractivity contribution is 6.16. The van der Waals surface area contributed by atoms with Gasteiger partial charge >= 0.3 is 5.97 Å². The predicted octanol–water partition coefficient (Wildman–Crippen LogP) is 6.83. The molecule has 33 heavy (non-hydrogen) atoms. The molecule has 0 bridgehead atoms. The van der Waals surface area contributed by atoms with Gasteiger partial charge in [0.05, 0.1) is 6.61 Å². The first-order valence-corrected chi connectivity index (χ1v) is 12.1. The molecule has 1 fully saturated rings. The second kappa shape index (κ2) is 7.76. The van der Waals surface area contributed by atoms with Crippen LogP contribution in [-0.4, -0.2) is 30.2 Å². The Bertz CT molecular complexity index is 1220. The number of aryl methyl sites for hydroxylation is 1. The van der Waals surface area contributed by atoms with E-state index >= 15 is 0 Å². The van der Waals surface area contributed by atoms with Crippen molar-refractivity contribution >= 4 is 27.7 Å². The third-order valence-electron chi connectivity index (χ3n) is 7.34. The molecule has 0 N–H and O–H groups in total. The molecule has 5 rings (SSSR count). The third-order valence-corrected chi connectivity index (χ3v) is 7.34. The number of esters is 1. The maximum Gasteiger partial charge on any atom is 0.342 e. The van der Waals surface area contributed by atoms with Crippen molar-refractivity contribution in [2.45, 2.75) is 73.4 Å². The second-order valence-electron chi connectivity index (χ2n) is 11.4. The van der Waals surface area contributed by atoms with Crippen molar-refractivity contribution in [2.75, 3.05) is 13.3 Å². The normalized spacial score (nSPS) is 20.5. The van der Waals surface area contributed by atoms with Crippen molar-refractivity contribution in [1.82, 2.24) is 4.90 Å². The summed E-state index contributed by atoms with van der Waals surface area (Å²) in [5, 5.41) is 2.85. The quantitative estimate of drug-likeness (QED) is 0.410. The van der Waals surface area contributed by atoms with Crippen LogP contribution in [0.1, 0.15) is 75.6 Å². The summed E-state index contributed by atoms with van der Waals surface area (Å²) in [6.45, 7) is 14.8. The van der Waals surface area contributed by atoms with Crippen molar-refractivity contribution < 1.29 is 18.7 Å². The molecule has 1 saturated carbocycles. The van der Waals surface area contributed by atoms with Crippen LogP contribution >= 0.6 is 0 Å². The topological polar surface area (TPSA) is 51.9 Å². The van der Waals surface area contributed by atoms with Gasteiger partial charge in [-0.1, -0.05) is 52.0 Å². The van der Waals surface area contributed by atoms with E-state index in [4.69, 9.17) is 13.9 Å². The van der Waals surface area contributed by atoms with Crippen molar-refractivity contribution in [3.05, 3.63) is 41.2 Å². The first kappa shape index (κ1) is 22.3. The molecule has 0 saturated heterocycles. The molecule has 0 radical (unpaired) electrons. The molecule has 1 aliphatic carbocycles. The standard InChI is InChI=1S/C28H35NO4/c1-7-31-26(30)22-17(2)33-25-20-11-9-8-10-19(20)24-21(23(22)25)14-29(16-32-24)18-12-27(3,4)15-28(5,6)13-18/h8-11,18H,7,12-16H2,1-6H3. The zero-order valence-corrected chi connectivity index (χ0v) is 20.7. The average molecular weight is 450 g/mol. The number of furan rings is 1. The summed E-state index contributed by atoms with van der Waals surface area (Å²) in [6.07, 6.45) is 3.51. The van der Waals surface area contributed by atoms with E-state index in [-0.39, 0.29) is 16.8 Å². The highest BCUT2D eigenvalue weighted by Crippen LogP contribution is 2.49. The maximum atomic E-state index is 13.0. The Hall–Kier alpha value is -2.53. The highest BCUT2D eigenvalue weighted by atomic mass is 16.5. The number of nitrogens with zero attached hydrogens (tertiary/aromatic N) is 1. The number of hydrogen-bond acceptors (Lipinski definition) is 5. The molecular weight excluding hydrogens is 414 g/mol. The van der Waals surface area contributed by atoms with Crippen molar-refractivity contribution in [3.8, 4) is 5.75 Å². The number of benzene rings is 2. The summed E-state index contributed by atoms with van der Waals surface area (Å²) >= 11 is 0. The van der Waals surface area contributed by atoms with Gasteiger partial charge in [0.15, 0.2) is 0 Å². The van der Waals surface area contributed by atoms with Crippen LogP contribution in [0.3, 0.4) is 0 Å². The Morgan fingerprint density at radius 2 is 1.79 bits per heavy atom. The minimum Gasteiger partial charge on any atom is -0.477 e. The summed E-state index contributed by atoms with van der Waals surface area (Å²) in [7, 11) is 0. The SMILES string of the molecule is CCOC(=O)c1c(C)oc2c1c1c(c3ccccc32)OCN(C2CC(C)(C)CC(C)(C)C2)C1. The second-order valence-corrected chi connectivity index (χ2v) is 11.4. The molecule has 0 atom stereocenters. The van der Waals surface area contributed by atoms with E-state index in [1.807, 2.05) is 32.0 Å². The number of carbonyl (C=O) groups is 1. The van der Waals surface area contributed by atoms with Crippen molar-refractivity contribution in [2.24, 2.45) is 10.8 Å². The van der Waals surface area contributed by atoms with Gasteiger partial charge in [0, 0.05) is 34.3 Å². The van der Waals surface area contributed by atoms with Gasteiger partial charge in [-0.2, -0.15) is 0 Å². The van der Waals surface area contributed by atoms with E-state index < -0.39 is 0 Å². The maximum absolute atomic E-state index is 13.0. The average Bonchev–Trinajstić information content (AvgIpc) is 3.09. The first-order valence-electron chi connectivity index (χ1n) is 12.1. The van der Waals surface area contributed by atoms with E-state index in [9.17, 15) is 4.79 Å². The highest BCUT2D eigenvalue weighted by Gasteiger charge is 2.42. The van der Waals surface area contributed by atoms with Crippen LogP contribution in [0.2, 0.25) is 0 Å². The molecule has 0 spiro atoms. The predicted molar refractivity (Wildman–Crippen MR) is 131 cm³/mol. The lowest BCUT2D eigenvalue weighted by molar-refractivity contribution is -0.0204. The monoisotopic (exact) mass is 449 g/mol. The lowest BCUT2D eigenvalue weighted by atomic mass is 9.63. The molecule has 1 aliphatic heterocycles. The molecular formula is C28H35NO4. The van der Waals surface area contributed by atoms with E-state index in [0.29, 0.717) is 30.7 Å². The van der Waals surface area contributed by atoms with Crippen LogP contribution < -0.4 is 4.74 Å². The first-order chi connectivity index (χ1) is 15.6. The fraction of sp³-hybridized carbons (Fsp3) is 0.536. The Balaban J connectivity index is 1.67. The van der Waals surface area contributed by atoms with E-state index in [0.717, 1.165) is 52.4 Å². The molecule has 0 unspecified atom stereocenters. The summed E-state index contributed by atoms with van der Waals surface area (Å²) in [6, 6.07) is 8.57. The number of carbonyl (C=O) groups excluding carboxylic acids is 1. The Morgan fingerprint density at radius 3 is 2.45 bits per heavy atom. The van der Waals surface area contributed by atoms with Gasteiger partial charge in [-0.15, -0.1) is 0 Å². The van der Waals surface area contributed by atoms with E-state index in [1.165, 1.54) is 6.42 Å². The van der Waals surface area contributed by atoms with E-state index in [1.54, 1.807) is 0 Å². The number of fused-ring (bicyclic) bond motifs is 6. The Morgan fingerprint density at radius 1 is 1.12 bits per heavy atom. The Kier molecular flexibility index (Phi) is 5.24. The summed E-state index contributed by atoms with van der Waals surface area (Å²) in [5.74, 6) is 1.14. The summed E-state index contributed by atoms with van der Waals surface area (Å²) < 4.78 is 18.1. The van der Waals surface area contributed by atoms with Gasteiger partial charge in [0.1, 0.15) is 29.4 Å².